The summed E-state index contributed by atoms with van der Waals surface area (Å²) in [6.07, 6.45) is 3.26. The van der Waals surface area contributed by atoms with E-state index in [9.17, 15) is 8.60 Å². The van der Waals surface area contributed by atoms with Crippen molar-refractivity contribution >= 4 is 45.0 Å². The number of halogens is 3. The van der Waals surface area contributed by atoms with Crippen LogP contribution in [0.2, 0.25) is 10.0 Å². The molecule has 0 radical (unpaired) electrons. The maximum atomic E-state index is 13.3. The highest BCUT2D eigenvalue weighted by Crippen LogP contribution is 2.31. The van der Waals surface area contributed by atoms with Gasteiger partial charge in [0, 0.05) is 19.8 Å². The Kier molecular flexibility index (Phi) is 7.25. The van der Waals surface area contributed by atoms with Crippen LogP contribution in [0.1, 0.15) is 18.1 Å². The molecule has 1 unspecified atom stereocenters. The molecule has 0 bridgehead atoms. The predicted octanol–water partition coefficient (Wildman–Crippen LogP) is 5.71. The first kappa shape index (κ1) is 21.7. The van der Waals surface area contributed by atoms with Gasteiger partial charge in [0.2, 0.25) is 0 Å². The summed E-state index contributed by atoms with van der Waals surface area (Å²) in [6, 6.07) is 7.77. The highest BCUT2D eigenvalue weighted by molar-refractivity contribution is 7.93. The lowest BCUT2D eigenvalue weighted by atomic mass is 10.2. The van der Waals surface area contributed by atoms with Gasteiger partial charge in [-0.2, -0.15) is 0 Å². The van der Waals surface area contributed by atoms with Crippen molar-refractivity contribution in [2.24, 2.45) is 9.36 Å². The second-order valence-corrected chi connectivity index (χ2v) is 9.34. The van der Waals surface area contributed by atoms with E-state index in [1.807, 2.05) is 25.8 Å². The van der Waals surface area contributed by atoms with E-state index in [0.717, 1.165) is 12.1 Å². The monoisotopic (exact) mass is 429 g/mol. The zero-order valence-electron chi connectivity index (χ0n) is 15.7. The van der Waals surface area contributed by atoms with E-state index < -0.39 is 15.5 Å². The van der Waals surface area contributed by atoms with Crippen molar-refractivity contribution in [3.63, 3.8) is 0 Å². The summed E-state index contributed by atoms with van der Waals surface area (Å²) in [5.41, 5.74) is 2.08. The Morgan fingerprint density at radius 3 is 2.56 bits per heavy atom. The number of nitrogens with zero attached hydrogens (tertiary/aromatic N) is 3. The third kappa shape index (κ3) is 5.67. The molecule has 2 aromatic rings. The number of hydrogen-bond acceptors (Lipinski definition) is 3. The normalized spacial score (nSPS) is 13.6. The van der Waals surface area contributed by atoms with E-state index in [-0.39, 0.29) is 11.6 Å². The van der Waals surface area contributed by atoms with Gasteiger partial charge in [-0.1, -0.05) is 29.3 Å². The van der Waals surface area contributed by atoms with Crippen LogP contribution in [0.3, 0.4) is 0 Å². The number of aliphatic imine (C=N–C) groups is 1. The fraction of sp³-hybridized carbons (Fsp3) is 0.316. The summed E-state index contributed by atoms with van der Waals surface area (Å²) >= 11 is 12.1. The molecule has 0 aliphatic carbocycles. The van der Waals surface area contributed by atoms with E-state index in [0.29, 0.717) is 21.2 Å². The average molecular weight is 430 g/mol. The van der Waals surface area contributed by atoms with E-state index in [1.165, 1.54) is 12.1 Å². The van der Waals surface area contributed by atoms with Crippen LogP contribution in [0, 0.1) is 12.7 Å². The van der Waals surface area contributed by atoms with E-state index in [4.69, 9.17) is 23.2 Å². The van der Waals surface area contributed by atoms with Gasteiger partial charge in [0.1, 0.15) is 5.82 Å². The molecule has 0 heterocycles. The number of benzene rings is 2. The quantitative estimate of drug-likeness (QED) is 0.435. The fourth-order valence-electron chi connectivity index (χ4n) is 2.30. The summed E-state index contributed by atoms with van der Waals surface area (Å²) in [5, 5.41) is 0.426. The van der Waals surface area contributed by atoms with E-state index >= 15 is 0 Å². The average Bonchev–Trinajstić information content (AvgIpc) is 2.62. The molecule has 0 aliphatic heterocycles. The van der Waals surface area contributed by atoms with Gasteiger partial charge in [-0.05, 0) is 49.2 Å². The zero-order valence-corrected chi connectivity index (χ0v) is 18.0. The molecule has 0 saturated heterocycles. The first-order chi connectivity index (χ1) is 12.6. The summed E-state index contributed by atoms with van der Waals surface area (Å²) in [4.78, 5) is 6.85. The van der Waals surface area contributed by atoms with Crippen LogP contribution in [0.5, 0.6) is 0 Å². The molecule has 0 aromatic heterocycles. The highest BCUT2D eigenvalue weighted by atomic mass is 35.5. The van der Waals surface area contributed by atoms with Crippen LogP contribution in [0.15, 0.2) is 44.6 Å². The highest BCUT2D eigenvalue weighted by Gasteiger charge is 2.13. The van der Waals surface area contributed by atoms with Gasteiger partial charge in [-0.3, -0.25) is 0 Å². The van der Waals surface area contributed by atoms with Gasteiger partial charge < -0.3 is 4.90 Å². The fourth-order valence-corrected chi connectivity index (χ4v) is 4.31. The van der Waals surface area contributed by atoms with Gasteiger partial charge in [0.25, 0.3) is 0 Å². The number of hydrogen-bond donors (Lipinski definition) is 0. The molecule has 27 heavy (non-hydrogen) atoms. The molecule has 0 N–H and O–H groups in total. The second-order valence-electron chi connectivity index (χ2n) is 6.23. The van der Waals surface area contributed by atoms with Crippen LogP contribution in [0.4, 0.5) is 10.1 Å². The maximum Gasteiger partial charge on any atom is 0.141 e. The van der Waals surface area contributed by atoms with Crippen molar-refractivity contribution in [1.29, 1.82) is 0 Å². The number of aryl methyl sites for hydroxylation is 1. The summed E-state index contributed by atoms with van der Waals surface area (Å²) in [7, 11) is -0.781. The lowest BCUT2D eigenvalue weighted by molar-refractivity contribution is 0.552. The molecule has 2 aromatic carbocycles. The molecule has 8 heteroatoms. The van der Waals surface area contributed by atoms with Gasteiger partial charge in [-0.15, -0.1) is 0 Å². The molecule has 2 rings (SSSR count). The van der Waals surface area contributed by atoms with Crippen LogP contribution < -0.4 is 0 Å². The molecule has 146 valence electrons. The van der Waals surface area contributed by atoms with Crippen LogP contribution in [0.25, 0.3) is 0 Å². The predicted molar refractivity (Wildman–Crippen MR) is 113 cm³/mol. The smallest absolute Gasteiger partial charge is 0.141 e. The van der Waals surface area contributed by atoms with Gasteiger partial charge in [-0.25, -0.2) is 18.0 Å². The third-order valence-corrected chi connectivity index (χ3v) is 6.49. The molecule has 0 saturated carbocycles. The molecule has 0 spiro atoms. The molecular weight excluding hydrogens is 408 g/mol. The number of rotatable bonds is 6. The molecule has 0 aliphatic rings. The Bertz CT molecular complexity index is 985. The summed E-state index contributed by atoms with van der Waals surface area (Å²) < 4.78 is 30.7. The molecular formula is C19H22Cl2FN3OS. The Morgan fingerprint density at radius 2 is 1.93 bits per heavy atom. The van der Waals surface area contributed by atoms with Crippen molar-refractivity contribution in [2.75, 3.05) is 19.8 Å². The minimum absolute atomic E-state index is 0.0174. The van der Waals surface area contributed by atoms with E-state index in [1.54, 1.807) is 30.8 Å². The van der Waals surface area contributed by atoms with Crippen molar-refractivity contribution in [3.05, 3.63) is 57.3 Å². The Labute approximate surface area is 170 Å². The summed E-state index contributed by atoms with van der Waals surface area (Å²) in [5.74, 6) is -0.495. The SMILES string of the molecule is CCN(C)C=Nc1cc(C)c(S(C)(=O)=NCc2ccc(F)c(Cl)c2)cc1Cl. The van der Waals surface area contributed by atoms with Gasteiger partial charge in [0.05, 0.1) is 43.2 Å². The minimum Gasteiger partial charge on any atom is -0.366 e. The van der Waals surface area contributed by atoms with Crippen LogP contribution >= 0.6 is 23.2 Å². The lowest BCUT2D eigenvalue weighted by Gasteiger charge is -2.12. The molecule has 0 amide bonds. The van der Waals surface area contributed by atoms with Crippen molar-refractivity contribution in [3.8, 4) is 0 Å². The molecule has 1 atom stereocenters. The molecule has 0 fully saturated rings. The van der Waals surface area contributed by atoms with Gasteiger partial charge in [0.15, 0.2) is 0 Å². The third-order valence-electron chi connectivity index (χ3n) is 4.02. The first-order valence-electron chi connectivity index (χ1n) is 8.30. The van der Waals surface area contributed by atoms with Crippen molar-refractivity contribution < 1.29 is 8.60 Å². The largest absolute Gasteiger partial charge is 0.366 e. The standard InChI is InChI=1S/C19H22Cl2FN3OS/c1-5-25(3)12-23-18-8-13(2)19(10-16(18)21)27(4,26)24-11-14-6-7-17(22)15(20)9-14/h6-10,12H,5,11H2,1-4H3. The second kappa shape index (κ2) is 9.04. The minimum atomic E-state index is -2.70. The summed E-state index contributed by atoms with van der Waals surface area (Å²) in [6.45, 7) is 4.85. The maximum absolute atomic E-state index is 13.3. The lowest BCUT2D eigenvalue weighted by Crippen LogP contribution is -2.14. The Hall–Kier alpha value is -1.63. The van der Waals surface area contributed by atoms with Crippen molar-refractivity contribution in [1.82, 2.24) is 4.90 Å². The van der Waals surface area contributed by atoms with Crippen LogP contribution in [-0.2, 0) is 16.3 Å². The van der Waals surface area contributed by atoms with E-state index in [2.05, 4.69) is 9.36 Å². The Balaban J connectivity index is 2.34. The first-order valence-corrected chi connectivity index (χ1v) is 11.0. The zero-order chi connectivity index (χ0) is 20.2. The topological polar surface area (TPSA) is 45.0 Å². The Morgan fingerprint density at radius 1 is 1.22 bits per heavy atom. The van der Waals surface area contributed by atoms with Gasteiger partial charge >= 0.3 is 0 Å². The van der Waals surface area contributed by atoms with Crippen molar-refractivity contribution in [2.45, 2.75) is 25.3 Å². The molecule has 4 nitrogen and oxygen atoms in total. The van der Waals surface area contributed by atoms with Crippen LogP contribution in [-0.4, -0.2) is 35.3 Å².